The molecule has 0 bridgehead atoms. The van der Waals surface area contributed by atoms with Gasteiger partial charge in [0.25, 0.3) is 0 Å². The molecule has 6 heteroatoms. The highest BCUT2D eigenvalue weighted by molar-refractivity contribution is 7.94. The van der Waals surface area contributed by atoms with Crippen LogP contribution in [0.3, 0.4) is 0 Å². The van der Waals surface area contributed by atoms with E-state index in [1.54, 1.807) is 12.1 Å². The van der Waals surface area contributed by atoms with Crippen LogP contribution in [0.15, 0.2) is 24.3 Å². The van der Waals surface area contributed by atoms with E-state index in [1.807, 2.05) is 0 Å². The van der Waals surface area contributed by atoms with Gasteiger partial charge in [0.15, 0.2) is 5.25 Å². The molecule has 1 rings (SSSR count). The molecule has 0 amide bonds. The van der Waals surface area contributed by atoms with E-state index >= 15 is 0 Å². The van der Waals surface area contributed by atoms with Gasteiger partial charge < -0.3 is 5.11 Å². The van der Waals surface area contributed by atoms with Crippen molar-refractivity contribution in [2.75, 3.05) is 4.72 Å². The van der Waals surface area contributed by atoms with Crippen molar-refractivity contribution in [3.8, 4) is 12.3 Å². The highest BCUT2D eigenvalue weighted by atomic mass is 32.2. The van der Waals surface area contributed by atoms with Crippen molar-refractivity contribution in [2.24, 2.45) is 0 Å². The first-order valence-electron chi connectivity index (χ1n) is 4.68. The van der Waals surface area contributed by atoms with E-state index in [4.69, 9.17) is 11.5 Å². The summed E-state index contributed by atoms with van der Waals surface area (Å²) in [7, 11) is -3.96. The number of sulfonamides is 1. The summed E-state index contributed by atoms with van der Waals surface area (Å²) < 4.78 is 25.4. The number of rotatable bonds is 4. The van der Waals surface area contributed by atoms with Crippen LogP contribution in [0.1, 0.15) is 12.5 Å². The Morgan fingerprint density at radius 1 is 1.53 bits per heavy atom. The quantitative estimate of drug-likeness (QED) is 0.780. The largest absolute Gasteiger partial charge is 0.480 e. The van der Waals surface area contributed by atoms with Crippen LogP contribution in [0, 0.1) is 12.3 Å². The fourth-order valence-electron chi connectivity index (χ4n) is 1.06. The molecule has 0 aliphatic heterocycles. The summed E-state index contributed by atoms with van der Waals surface area (Å²) in [5, 5.41) is 7.11. The van der Waals surface area contributed by atoms with Crippen molar-refractivity contribution < 1.29 is 18.3 Å². The highest BCUT2D eigenvalue weighted by Crippen LogP contribution is 2.13. The van der Waals surface area contributed by atoms with E-state index in [9.17, 15) is 13.2 Å². The van der Waals surface area contributed by atoms with E-state index < -0.39 is 21.2 Å². The van der Waals surface area contributed by atoms with Gasteiger partial charge in [-0.1, -0.05) is 12.0 Å². The molecule has 1 atom stereocenters. The predicted molar refractivity (Wildman–Crippen MR) is 64.0 cm³/mol. The molecule has 2 N–H and O–H groups in total. The molecule has 0 saturated carbocycles. The number of hydrogen-bond donors (Lipinski definition) is 2. The van der Waals surface area contributed by atoms with Gasteiger partial charge in [0.1, 0.15) is 0 Å². The molecule has 5 nitrogen and oxygen atoms in total. The molecule has 0 fully saturated rings. The van der Waals surface area contributed by atoms with Crippen molar-refractivity contribution in [1.82, 2.24) is 0 Å². The van der Waals surface area contributed by atoms with Crippen LogP contribution < -0.4 is 4.72 Å². The third-order valence-electron chi connectivity index (χ3n) is 2.10. The number of carbonyl (C=O) groups is 1. The van der Waals surface area contributed by atoms with Gasteiger partial charge in [-0.2, -0.15) is 0 Å². The van der Waals surface area contributed by atoms with Crippen LogP contribution in [-0.2, 0) is 14.8 Å². The normalized spacial score (nSPS) is 12.5. The van der Waals surface area contributed by atoms with Gasteiger partial charge in [-0.3, -0.25) is 9.52 Å². The van der Waals surface area contributed by atoms with Crippen molar-refractivity contribution in [2.45, 2.75) is 12.2 Å². The fourth-order valence-corrected chi connectivity index (χ4v) is 1.96. The summed E-state index contributed by atoms with van der Waals surface area (Å²) in [5.74, 6) is 0.942. The second-order valence-electron chi connectivity index (χ2n) is 3.35. The molecule has 1 aromatic rings. The maximum absolute atomic E-state index is 11.6. The van der Waals surface area contributed by atoms with Gasteiger partial charge in [-0.15, -0.1) is 6.42 Å². The molecule has 1 unspecified atom stereocenters. The Balaban J connectivity index is 2.99. The summed E-state index contributed by atoms with van der Waals surface area (Å²) in [6.07, 6.45) is 5.17. The van der Waals surface area contributed by atoms with Crippen LogP contribution in [0.4, 0.5) is 5.69 Å². The first kappa shape index (κ1) is 13.1. The molecule has 17 heavy (non-hydrogen) atoms. The zero-order chi connectivity index (χ0) is 13.1. The minimum absolute atomic E-state index is 0.244. The standard InChI is InChI=1S/C11H11NO4S/c1-3-9-5-4-6-10(7-9)12-17(15,16)8(2)11(13)14/h1,4-8,12H,2H3,(H,13,14). The van der Waals surface area contributed by atoms with Gasteiger partial charge in [-0.25, -0.2) is 8.42 Å². The number of carboxylic acid groups (broad SMARTS) is 1. The van der Waals surface area contributed by atoms with E-state index in [2.05, 4.69) is 10.6 Å². The molecule has 0 spiro atoms. The van der Waals surface area contributed by atoms with Gasteiger partial charge >= 0.3 is 5.97 Å². The second kappa shape index (κ2) is 4.89. The van der Waals surface area contributed by atoms with Crippen LogP contribution in [-0.4, -0.2) is 24.7 Å². The van der Waals surface area contributed by atoms with Gasteiger partial charge in [0.05, 0.1) is 0 Å². The van der Waals surface area contributed by atoms with Gasteiger partial charge in [-0.05, 0) is 25.1 Å². The molecular weight excluding hydrogens is 242 g/mol. The maximum Gasteiger partial charge on any atom is 0.323 e. The lowest BCUT2D eigenvalue weighted by molar-refractivity contribution is -0.136. The van der Waals surface area contributed by atoms with E-state index in [0.717, 1.165) is 6.92 Å². The van der Waals surface area contributed by atoms with Crippen LogP contribution in [0.25, 0.3) is 0 Å². The van der Waals surface area contributed by atoms with Crippen molar-refractivity contribution >= 4 is 21.7 Å². The smallest absolute Gasteiger partial charge is 0.323 e. The lowest BCUT2D eigenvalue weighted by atomic mass is 10.2. The molecule has 0 heterocycles. The second-order valence-corrected chi connectivity index (χ2v) is 5.35. The Kier molecular flexibility index (Phi) is 3.76. The molecular formula is C11H11NO4S. The third kappa shape index (κ3) is 3.23. The first-order chi connectivity index (χ1) is 7.86. The minimum atomic E-state index is -3.96. The predicted octanol–water partition coefficient (Wildman–Crippen LogP) is 0.883. The number of nitrogens with one attached hydrogen (secondary N) is 1. The zero-order valence-corrected chi connectivity index (χ0v) is 9.86. The number of hydrogen-bond acceptors (Lipinski definition) is 3. The monoisotopic (exact) mass is 253 g/mol. The topological polar surface area (TPSA) is 83.5 Å². The number of aliphatic carboxylic acids is 1. The number of carboxylic acids is 1. The molecule has 1 aromatic carbocycles. The summed E-state index contributed by atoms with van der Waals surface area (Å²) in [6, 6.07) is 6.16. The summed E-state index contributed by atoms with van der Waals surface area (Å²) in [4.78, 5) is 10.6. The summed E-state index contributed by atoms with van der Waals surface area (Å²) >= 11 is 0. The molecule has 90 valence electrons. The van der Waals surface area contributed by atoms with Crippen LogP contribution in [0.5, 0.6) is 0 Å². The molecule has 0 radical (unpaired) electrons. The van der Waals surface area contributed by atoms with Crippen LogP contribution >= 0.6 is 0 Å². The SMILES string of the molecule is C#Cc1cccc(NS(=O)(=O)C(C)C(=O)O)c1. The summed E-state index contributed by atoms with van der Waals surface area (Å²) in [6.45, 7) is 1.09. The number of terminal acetylenes is 1. The fraction of sp³-hybridized carbons (Fsp3) is 0.182. The van der Waals surface area contributed by atoms with E-state index in [1.165, 1.54) is 12.1 Å². The molecule has 0 saturated heterocycles. The first-order valence-corrected chi connectivity index (χ1v) is 6.22. The average molecular weight is 253 g/mol. The molecule has 0 aliphatic rings. The lowest BCUT2D eigenvalue weighted by Crippen LogP contribution is -2.32. The highest BCUT2D eigenvalue weighted by Gasteiger charge is 2.27. The number of benzene rings is 1. The van der Waals surface area contributed by atoms with E-state index in [-0.39, 0.29) is 5.69 Å². The van der Waals surface area contributed by atoms with Crippen molar-refractivity contribution in [3.05, 3.63) is 29.8 Å². The van der Waals surface area contributed by atoms with Gasteiger partial charge in [0.2, 0.25) is 10.0 Å². The number of anilines is 1. The van der Waals surface area contributed by atoms with Crippen molar-refractivity contribution in [3.63, 3.8) is 0 Å². The Labute approximate surface area is 99.5 Å². The van der Waals surface area contributed by atoms with Crippen LogP contribution in [0.2, 0.25) is 0 Å². The average Bonchev–Trinajstić information content (AvgIpc) is 2.27. The third-order valence-corrected chi connectivity index (χ3v) is 3.76. The Morgan fingerprint density at radius 2 is 2.18 bits per heavy atom. The minimum Gasteiger partial charge on any atom is -0.480 e. The zero-order valence-electron chi connectivity index (χ0n) is 9.04. The summed E-state index contributed by atoms with van der Waals surface area (Å²) in [5.41, 5.74) is 0.752. The maximum atomic E-state index is 11.6. The van der Waals surface area contributed by atoms with E-state index in [0.29, 0.717) is 5.56 Å². The lowest BCUT2D eigenvalue weighted by Gasteiger charge is -2.11. The van der Waals surface area contributed by atoms with Gasteiger partial charge in [0, 0.05) is 11.3 Å². The molecule has 0 aromatic heterocycles. The Morgan fingerprint density at radius 3 is 2.71 bits per heavy atom. The van der Waals surface area contributed by atoms with Crippen molar-refractivity contribution in [1.29, 1.82) is 0 Å². The Bertz CT molecular complexity index is 571. The Hall–Kier alpha value is -2.00. The molecule has 0 aliphatic carbocycles.